The molecule has 0 aliphatic carbocycles. The van der Waals surface area contributed by atoms with E-state index in [0.29, 0.717) is 24.7 Å². The number of piperidine rings is 1. The van der Waals surface area contributed by atoms with Crippen LogP contribution in [0, 0.1) is 6.92 Å². The van der Waals surface area contributed by atoms with Crippen molar-refractivity contribution in [3.8, 4) is 0 Å². The maximum atomic E-state index is 12.6. The number of aromatic nitrogens is 3. The Bertz CT molecular complexity index is 657. The maximum Gasteiger partial charge on any atom is 0.274 e. The molecule has 8 nitrogen and oxygen atoms in total. The van der Waals surface area contributed by atoms with E-state index >= 15 is 0 Å². The molecular weight excluding hydrogens is 320 g/mol. The lowest BCUT2D eigenvalue weighted by Crippen LogP contribution is -2.44. The van der Waals surface area contributed by atoms with E-state index in [1.54, 1.807) is 0 Å². The highest BCUT2D eigenvalue weighted by molar-refractivity contribution is 5.94. The molecule has 0 bridgehead atoms. The summed E-state index contributed by atoms with van der Waals surface area (Å²) in [6.07, 6.45) is 2.32. The molecule has 2 amide bonds. The summed E-state index contributed by atoms with van der Waals surface area (Å²) >= 11 is 0. The summed E-state index contributed by atoms with van der Waals surface area (Å²) < 4.78 is 1.87. The number of amides is 2. The van der Waals surface area contributed by atoms with Gasteiger partial charge in [-0.15, -0.1) is 5.10 Å². The summed E-state index contributed by atoms with van der Waals surface area (Å²) in [4.78, 5) is 26.6. The molecule has 0 saturated carbocycles. The van der Waals surface area contributed by atoms with Crippen LogP contribution in [0.4, 0.5) is 0 Å². The Morgan fingerprint density at radius 2 is 1.96 bits per heavy atom. The van der Waals surface area contributed by atoms with Crippen LogP contribution >= 0.6 is 0 Å². The third-order valence-electron chi connectivity index (χ3n) is 5.07. The zero-order valence-electron chi connectivity index (χ0n) is 15.5. The first-order valence-corrected chi connectivity index (χ1v) is 9.01. The van der Waals surface area contributed by atoms with E-state index in [9.17, 15) is 9.59 Å². The van der Waals surface area contributed by atoms with Crippen LogP contribution in [0.25, 0.3) is 0 Å². The minimum Gasteiger partial charge on any atom is -0.346 e. The molecule has 0 radical (unpaired) electrons. The van der Waals surface area contributed by atoms with Gasteiger partial charge in [-0.1, -0.05) is 5.21 Å². The van der Waals surface area contributed by atoms with E-state index in [2.05, 4.69) is 20.9 Å². The fraction of sp³-hybridized carbons (Fsp3) is 0.765. The van der Waals surface area contributed by atoms with Gasteiger partial charge in [0.15, 0.2) is 5.69 Å². The number of nitrogens with zero attached hydrogens (tertiary/aromatic N) is 4. The Hall–Kier alpha value is -1.96. The van der Waals surface area contributed by atoms with Crippen molar-refractivity contribution in [1.82, 2.24) is 30.5 Å². The molecule has 0 spiro atoms. The van der Waals surface area contributed by atoms with Crippen LogP contribution in [0.2, 0.25) is 0 Å². The molecule has 8 heteroatoms. The van der Waals surface area contributed by atoms with Crippen LogP contribution in [0.5, 0.6) is 0 Å². The highest BCUT2D eigenvalue weighted by atomic mass is 16.2. The molecule has 1 aromatic rings. The summed E-state index contributed by atoms with van der Waals surface area (Å²) in [6.45, 7) is 10.3. The predicted molar refractivity (Wildman–Crippen MR) is 93.2 cm³/mol. The van der Waals surface area contributed by atoms with E-state index in [4.69, 9.17) is 0 Å². The van der Waals surface area contributed by atoms with E-state index in [1.807, 2.05) is 37.3 Å². The van der Waals surface area contributed by atoms with Gasteiger partial charge in [0.05, 0.1) is 17.8 Å². The second-order valence-electron chi connectivity index (χ2n) is 8.00. The first-order chi connectivity index (χ1) is 11.8. The number of rotatable bonds is 3. The van der Waals surface area contributed by atoms with Crippen molar-refractivity contribution in [3.05, 3.63) is 11.4 Å². The lowest BCUT2D eigenvalue weighted by atomic mass is 10.1. The summed E-state index contributed by atoms with van der Waals surface area (Å²) in [5.41, 5.74) is 0.923. The predicted octanol–water partition coefficient (Wildman–Crippen LogP) is 0.640. The molecule has 0 unspecified atom stereocenters. The number of carbonyl (C=O) groups excluding carboxylic acids is 2. The van der Waals surface area contributed by atoms with Gasteiger partial charge in [-0.25, -0.2) is 4.68 Å². The molecule has 25 heavy (non-hydrogen) atoms. The molecule has 3 heterocycles. The van der Waals surface area contributed by atoms with Crippen molar-refractivity contribution >= 4 is 11.8 Å². The quantitative estimate of drug-likeness (QED) is 0.836. The van der Waals surface area contributed by atoms with Crippen molar-refractivity contribution in [1.29, 1.82) is 0 Å². The Kier molecular flexibility index (Phi) is 4.81. The zero-order valence-corrected chi connectivity index (χ0v) is 15.5. The van der Waals surface area contributed by atoms with Crippen LogP contribution in [-0.2, 0) is 4.79 Å². The molecule has 2 aliphatic rings. The van der Waals surface area contributed by atoms with Crippen LogP contribution in [-0.4, -0.2) is 62.9 Å². The fourth-order valence-corrected chi connectivity index (χ4v) is 3.65. The maximum absolute atomic E-state index is 12.6. The van der Waals surface area contributed by atoms with E-state index in [0.717, 1.165) is 31.6 Å². The van der Waals surface area contributed by atoms with Crippen molar-refractivity contribution < 1.29 is 9.59 Å². The van der Waals surface area contributed by atoms with Crippen molar-refractivity contribution in [2.75, 3.05) is 19.6 Å². The molecule has 3 rings (SSSR count). The molecular formula is C17H28N6O2. The Morgan fingerprint density at radius 3 is 2.56 bits per heavy atom. The standard InChI is InChI=1S/C17H28N6O2/c1-11-15(20-21-23(11)13-5-7-18-8-6-13)16(25)19-12-9-14(24)22(10-12)17(2,3)4/h12-13,18H,5-10H2,1-4H3,(H,19,25)/t12-/m0/s1. The molecule has 2 fully saturated rings. The van der Waals surface area contributed by atoms with E-state index in [-0.39, 0.29) is 23.4 Å². The van der Waals surface area contributed by atoms with Crippen LogP contribution < -0.4 is 10.6 Å². The van der Waals surface area contributed by atoms with Gasteiger partial charge in [0, 0.05) is 18.5 Å². The zero-order chi connectivity index (χ0) is 18.2. The fourth-order valence-electron chi connectivity index (χ4n) is 3.65. The first-order valence-electron chi connectivity index (χ1n) is 9.01. The average Bonchev–Trinajstić information content (AvgIpc) is 3.10. The third kappa shape index (κ3) is 3.68. The molecule has 2 aliphatic heterocycles. The highest BCUT2D eigenvalue weighted by Gasteiger charge is 2.37. The minimum absolute atomic E-state index is 0.0767. The topological polar surface area (TPSA) is 92.2 Å². The van der Waals surface area contributed by atoms with Gasteiger partial charge in [-0.2, -0.15) is 0 Å². The van der Waals surface area contributed by atoms with Crippen LogP contribution in [0.15, 0.2) is 0 Å². The van der Waals surface area contributed by atoms with Gasteiger partial charge in [0.1, 0.15) is 0 Å². The Labute approximate surface area is 148 Å². The first kappa shape index (κ1) is 17.8. The SMILES string of the molecule is Cc1c(C(=O)N[C@H]2CC(=O)N(C(C)(C)C)C2)nnn1C1CCNCC1. The molecule has 2 N–H and O–H groups in total. The third-order valence-corrected chi connectivity index (χ3v) is 5.07. The number of hydrogen-bond donors (Lipinski definition) is 2. The van der Waals surface area contributed by atoms with Crippen molar-refractivity contribution in [3.63, 3.8) is 0 Å². The number of carbonyl (C=O) groups is 2. The molecule has 2 saturated heterocycles. The van der Waals surface area contributed by atoms with Crippen LogP contribution in [0.1, 0.15) is 62.3 Å². The van der Waals surface area contributed by atoms with Gasteiger partial charge in [-0.05, 0) is 53.6 Å². The molecule has 138 valence electrons. The van der Waals surface area contributed by atoms with E-state index < -0.39 is 0 Å². The monoisotopic (exact) mass is 348 g/mol. The summed E-state index contributed by atoms with van der Waals surface area (Å²) in [5.74, 6) is -0.167. The highest BCUT2D eigenvalue weighted by Crippen LogP contribution is 2.23. The van der Waals surface area contributed by atoms with E-state index in [1.165, 1.54) is 0 Å². The minimum atomic E-state index is -0.244. The summed E-state index contributed by atoms with van der Waals surface area (Å²) in [6, 6.07) is 0.113. The number of nitrogens with one attached hydrogen (secondary N) is 2. The summed E-state index contributed by atoms with van der Waals surface area (Å²) in [5, 5.41) is 14.6. The van der Waals surface area contributed by atoms with Gasteiger partial charge < -0.3 is 15.5 Å². The molecule has 1 atom stereocenters. The Balaban J connectivity index is 1.66. The summed E-state index contributed by atoms with van der Waals surface area (Å²) in [7, 11) is 0. The largest absolute Gasteiger partial charge is 0.346 e. The molecule has 0 aromatic carbocycles. The molecule has 1 aromatic heterocycles. The van der Waals surface area contributed by atoms with Gasteiger partial charge in [0.2, 0.25) is 5.91 Å². The lowest BCUT2D eigenvalue weighted by molar-refractivity contribution is -0.131. The normalized spacial score (nSPS) is 22.5. The second-order valence-corrected chi connectivity index (χ2v) is 8.00. The van der Waals surface area contributed by atoms with Crippen molar-refractivity contribution in [2.45, 2.75) is 64.6 Å². The average molecular weight is 348 g/mol. The van der Waals surface area contributed by atoms with Crippen molar-refractivity contribution in [2.24, 2.45) is 0 Å². The van der Waals surface area contributed by atoms with Gasteiger partial charge in [0.25, 0.3) is 5.91 Å². The van der Waals surface area contributed by atoms with Crippen LogP contribution in [0.3, 0.4) is 0 Å². The van der Waals surface area contributed by atoms with Gasteiger partial charge in [-0.3, -0.25) is 9.59 Å². The van der Waals surface area contributed by atoms with Gasteiger partial charge >= 0.3 is 0 Å². The number of likely N-dealkylation sites (tertiary alicyclic amines) is 1. The second kappa shape index (κ2) is 6.74. The lowest BCUT2D eigenvalue weighted by Gasteiger charge is -2.32. The Morgan fingerprint density at radius 1 is 1.28 bits per heavy atom. The smallest absolute Gasteiger partial charge is 0.274 e. The number of hydrogen-bond acceptors (Lipinski definition) is 5.